The maximum absolute atomic E-state index is 12.6. The Morgan fingerprint density at radius 1 is 1.00 bits per heavy atom. The van der Waals surface area contributed by atoms with Crippen molar-refractivity contribution in [3.63, 3.8) is 0 Å². The van der Waals surface area contributed by atoms with Gasteiger partial charge in [0.05, 0.1) is 15.6 Å². The third-order valence-corrected chi connectivity index (χ3v) is 5.26. The molecule has 0 heterocycles. The molecule has 3 aromatic rings. The highest BCUT2D eigenvalue weighted by Crippen LogP contribution is 2.28. The number of anilines is 1. The lowest BCUT2D eigenvalue weighted by molar-refractivity contribution is -0.112. The zero-order valence-electron chi connectivity index (χ0n) is 15.7. The molecule has 0 saturated heterocycles. The average molecular weight is 516 g/mol. The van der Waals surface area contributed by atoms with E-state index in [1.54, 1.807) is 54.6 Å². The zero-order valence-corrected chi connectivity index (χ0v) is 18.8. The van der Waals surface area contributed by atoms with Crippen molar-refractivity contribution in [3.05, 3.63) is 97.9 Å². The van der Waals surface area contributed by atoms with Crippen LogP contribution in [0.25, 0.3) is 6.08 Å². The number of carbonyl (C=O) groups is 2. The van der Waals surface area contributed by atoms with Crippen molar-refractivity contribution in [3.8, 4) is 11.8 Å². The van der Waals surface area contributed by atoms with E-state index < -0.39 is 11.9 Å². The second-order valence-electron chi connectivity index (χ2n) is 6.19. The van der Waals surface area contributed by atoms with Crippen molar-refractivity contribution in [1.29, 1.82) is 5.26 Å². The number of esters is 1. The van der Waals surface area contributed by atoms with Gasteiger partial charge in [0.2, 0.25) is 0 Å². The monoisotopic (exact) mass is 514 g/mol. The van der Waals surface area contributed by atoms with Crippen molar-refractivity contribution in [2.45, 2.75) is 0 Å². The third kappa shape index (κ3) is 5.96. The minimum absolute atomic E-state index is 0.193. The number of amides is 1. The number of benzene rings is 3. The molecule has 0 atom stereocenters. The van der Waals surface area contributed by atoms with Crippen LogP contribution in [0.4, 0.5) is 5.69 Å². The maximum atomic E-state index is 12.6. The van der Waals surface area contributed by atoms with E-state index in [0.29, 0.717) is 26.3 Å². The van der Waals surface area contributed by atoms with Gasteiger partial charge in [-0.05, 0) is 54.6 Å². The molecule has 0 unspecified atom stereocenters. The van der Waals surface area contributed by atoms with Crippen LogP contribution in [0.3, 0.4) is 0 Å². The fourth-order valence-corrected chi connectivity index (χ4v) is 3.21. The van der Waals surface area contributed by atoms with Gasteiger partial charge in [-0.15, -0.1) is 0 Å². The number of carbonyl (C=O) groups excluding carboxylic acids is 2. The highest BCUT2D eigenvalue weighted by atomic mass is 79.9. The van der Waals surface area contributed by atoms with Crippen LogP contribution in [0.5, 0.6) is 5.75 Å². The molecule has 1 amide bonds. The molecule has 0 bridgehead atoms. The minimum atomic E-state index is -0.652. The predicted octanol–water partition coefficient (Wildman–Crippen LogP) is 6.52. The Bertz CT molecular complexity index is 1220. The predicted molar refractivity (Wildman–Crippen MR) is 124 cm³/mol. The van der Waals surface area contributed by atoms with Crippen molar-refractivity contribution in [1.82, 2.24) is 0 Å². The molecule has 0 aliphatic heterocycles. The molecule has 0 aliphatic carbocycles. The van der Waals surface area contributed by atoms with Crippen LogP contribution in [0.1, 0.15) is 15.9 Å². The number of halogens is 3. The first-order valence-electron chi connectivity index (χ1n) is 8.82. The van der Waals surface area contributed by atoms with Gasteiger partial charge in [0.25, 0.3) is 5.91 Å². The molecule has 5 nitrogen and oxygen atoms in total. The second kappa shape index (κ2) is 10.3. The molecule has 0 saturated carbocycles. The molecule has 0 fully saturated rings. The molecular weight excluding hydrogens is 503 g/mol. The van der Waals surface area contributed by atoms with Crippen LogP contribution in [0.15, 0.2) is 76.8 Å². The Labute approximate surface area is 197 Å². The largest absolute Gasteiger partial charge is 0.422 e. The van der Waals surface area contributed by atoms with Gasteiger partial charge >= 0.3 is 5.97 Å². The third-order valence-electron chi connectivity index (χ3n) is 4.03. The summed E-state index contributed by atoms with van der Waals surface area (Å²) in [5.41, 5.74) is 0.935. The standard InChI is InChI=1S/C23H13BrCl2N2O3/c24-17-6-9-21(31-23(30)14-4-2-1-3-5-14)15(11-17)10-16(13-27)22(29)28-18-7-8-19(25)20(26)12-18/h1-12H,(H,28,29)/b16-10+. The first-order valence-corrected chi connectivity index (χ1v) is 10.4. The topological polar surface area (TPSA) is 79.2 Å². The SMILES string of the molecule is N#C/C(=C\c1cc(Br)ccc1OC(=O)c1ccccc1)C(=O)Nc1ccc(Cl)c(Cl)c1. The van der Waals surface area contributed by atoms with E-state index in [1.807, 2.05) is 6.07 Å². The zero-order chi connectivity index (χ0) is 22.4. The molecule has 8 heteroatoms. The molecule has 1 N–H and O–H groups in total. The quantitative estimate of drug-likeness (QED) is 0.181. The summed E-state index contributed by atoms with van der Waals surface area (Å²) in [6.45, 7) is 0. The average Bonchev–Trinajstić information content (AvgIpc) is 2.76. The Morgan fingerprint density at radius 2 is 1.74 bits per heavy atom. The molecule has 154 valence electrons. The number of rotatable bonds is 5. The van der Waals surface area contributed by atoms with Gasteiger partial charge in [-0.1, -0.05) is 57.3 Å². The van der Waals surface area contributed by atoms with Gasteiger partial charge in [0, 0.05) is 15.7 Å². The van der Waals surface area contributed by atoms with Gasteiger partial charge < -0.3 is 10.1 Å². The molecule has 0 aliphatic rings. The van der Waals surface area contributed by atoms with E-state index in [0.717, 1.165) is 0 Å². The summed E-state index contributed by atoms with van der Waals surface area (Å²) in [6.07, 6.45) is 1.34. The summed E-state index contributed by atoms with van der Waals surface area (Å²) in [6, 6.07) is 19.8. The summed E-state index contributed by atoms with van der Waals surface area (Å²) < 4.78 is 6.16. The fraction of sp³-hybridized carbons (Fsp3) is 0. The first kappa shape index (κ1) is 22.6. The van der Waals surface area contributed by atoms with Gasteiger partial charge in [0.1, 0.15) is 17.4 Å². The fourth-order valence-electron chi connectivity index (χ4n) is 2.53. The van der Waals surface area contributed by atoms with Gasteiger partial charge in [0.15, 0.2) is 0 Å². The number of nitriles is 1. The summed E-state index contributed by atoms with van der Waals surface area (Å²) in [5.74, 6) is -1.01. The van der Waals surface area contributed by atoms with Crippen molar-refractivity contribution < 1.29 is 14.3 Å². The lowest BCUT2D eigenvalue weighted by Crippen LogP contribution is -2.13. The lowest BCUT2D eigenvalue weighted by atomic mass is 10.1. The van der Waals surface area contributed by atoms with Crippen LogP contribution in [0, 0.1) is 11.3 Å². The second-order valence-corrected chi connectivity index (χ2v) is 7.92. The first-order chi connectivity index (χ1) is 14.9. The van der Waals surface area contributed by atoms with Crippen LogP contribution in [-0.4, -0.2) is 11.9 Å². The van der Waals surface area contributed by atoms with E-state index in [-0.39, 0.29) is 16.3 Å². The molecule has 0 aromatic heterocycles. The Hall–Kier alpha value is -3.11. The van der Waals surface area contributed by atoms with Crippen molar-refractivity contribution >= 4 is 62.8 Å². The summed E-state index contributed by atoms with van der Waals surface area (Å²) in [7, 11) is 0. The smallest absolute Gasteiger partial charge is 0.343 e. The molecule has 3 aromatic carbocycles. The molecular formula is C23H13BrCl2N2O3. The van der Waals surface area contributed by atoms with E-state index in [9.17, 15) is 14.9 Å². The Morgan fingerprint density at radius 3 is 2.42 bits per heavy atom. The van der Waals surface area contributed by atoms with E-state index in [4.69, 9.17) is 27.9 Å². The Kier molecular flexibility index (Phi) is 7.48. The number of nitrogens with zero attached hydrogens (tertiary/aromatic N) is 1. The van der Waals surface area contributed by atoms with E-state index in [1.165, 1.54) is 18.2 Å². The number of nitrogens with one attached hydrogen (secondary N) is 1. The molecule has 0 radical (unpaired) electrons. The van der Waals surface area contributed by atoms with Crippen LogP contribution in [0.2, 0.25) is 10.0 Å². The highest BCUT2D eigenvalue weighted by Gasteiger charge is 2.15. The van der Waals surface area contributed by atoms with Gasteiger partial charge in [-0.3, -0.25) is 4.79 Å². The van der Waals surface area contributed by atoms with Gasteiger partial charge in [-0.25, -0.2) is 4.79 Å². The highest BCUT2D eigenvalue weighted by molar-refractivity contribution is 9.10. The van der Waals surface area contributed by atoms with Crippen LogP contribution >= 0.6 is 39.1 Å². The van der Waals surface area contributed by atoms with E-state index in [2.05, 4.69) is 21.2 Å². The molecule has 31 heavy (non-hydrogen) atoms. The maximum Gasteiger partial charge on any atom is 0.343 e. The normalized spacial score (nSPS) is 10.8. The summed E-state index contributed by atoms with van der Waals surface area (Å²) in [5, 5.41) is 12.7. The number of hydrogen-bond donors (Lipinski definition) is 1. The molecule has 0 spiro atoms. The Balaban J connectivity index is 1.88. The minimum Gasteiger partial charge on any atom is -0.422 e. The van der Waals surface area contributed by atoms with Crippen LogP contribution in [-0.2, 0) is 4.79 Å². The summed E-state index contributed by atoms with van der Waals surface area (Å²) >= 11 is 15.2. The van der Waals surface area contributed by atoms with Crippen LogP contribution < -0.4 is 10.1 Å². The lowest BCUT2D eigenvalue weighted by Gasteiger charge is -2.09. The molecule has 3 rings (SSSR count). The summed E-state index contributed by atoms with van der Waals surface area (Å²) in [4.78, 5) is 25.0. The number of hydrogen-bond acceptors (Lipinski definition) is 4. The van der Waals surface area contributed by atoms with Crippen molar-refractivity contribution in [2.75, 3.05) is 5.32 Å². The van der Waals surface area contributed by atoms with Gasteiger partial charge in [-0.2, -0.15) is 5.26 Å². The number of ether oxygens (including phenoxy) is 1. The van der Waals surface area contributed by atoms with Crippen molar-refractivity contribution in [2.24, 2.45) is 0 Å². The van der Waals surface area contributed by atoms with E-state index >= 15 is 0 Å².